The van der Waals surface area contributed by atoms with E-state index in [0.717, 1.165) is 23.8 Å². The minimum absolute atomic E-state index is 0.0275. The van der Waals surface area contributed by atoms with Gasteiger partial charge in [0.2, 0.25) is 5.88 Å². The van der Waals surface area contributed by atoms with Gasteiger partial charge in [-0.1, -0.05) is 6.42 Å². The number of carbonyl (C=O) groups is 3. The quantitative estimate of drug-likeness (QED) is 0.205. The third-order valence-electron chi connectivity index (χ3n) is 10.7. The number of carboxylic acids is 1. The Bertz CT molecular complexity index is 1440. The van der Waals surface area contributed by atoms with E-state index in [1.807, 2.05) is 0 Å². The van der Waals surface area contributed by atoms with E-state index in [0.29, 0.717) is 57.9 Å². The van der Waals surface area contributed by atoms with Gasteiger partial charge in [-0.3, -0.25) is 33.8 Å². The van der Waals surface area contributed by atoms with Gasteiger partial charge >= 0.3 is 17.7 Å². The predicted molar refractivity (Wildman–Crippen MR) is 146 cm³/mol. The van der Waals surface area contributed by atoms with E-state index in [2.05, 4.69) is 0 Å². The van der Waals surface area contributed by atoms with Crippen molar-refractivity contribution in [2.45, 2.75) is 88.8 Å². The van der Waals surface area contributed by atoms with E-state index in [-0.39, 0.29) is 47.2 Å². The van der Waals surface area contributed by atoms with Gasteiger partial charge in [0.1, 0.15) is 16.9 Å². The van der Waals surface area contributed by atoms with Gasteiger partial charge in [-0.25, -0.2) is 9.59 Å². The van der Waals surface area contributed by atoms with Gasteiger partial charge in [0.05, 0.1) is 5.92 Å². The van der Waals surface area contributed by atoms with Crippen LogP contribution in [-0.4, -0.2) is 72.0 Å². The minimum atomic E-state index is -0.918. The van der Waals surface area contributed by atoms with Crippen molar-refractivity contribution < 1.29 is 24.6 Å². The van der Waals surface area contributed by atoms with E-state index in [9.17, 15) is 34.2 Å². The summed E-state index contributed by atoms with van der Waals surface area (Å²) in [6, 6.07) is -0.767. The number of aromatic nitrogens is 2. The highest BCUT2D eigenvalue weighted by molar-refractivity contribution is 6.07. The number of rotatable bonds is 8. The number of aromatic hydroxyl groups is 1. The summed E-state index contributed by atoms with van der Waals surface area (Å²) in [6.07, 6.45) is 7.42. The number of hydrogen-bond donors (Lipinski definition) is 4. The number of aliphatic carboxylic acids is 1. The third kappa shape index (κ3) is 4.18. The fourth-order valence-corrected chi connectivity index (χ4v) is 8.02. The zero-order valence-electron chi connectivity index (χ0n) is 23.3. The van der Waals surface area contributed by atoms with Crippen molar-refractivity contribution in [3.63, 3.8) is 0 Å². The average Bonchev–Trinajstić information content (AvgIpc) is 3.63. The number of carboxylic acid groups (broad SMARTS) is 1. The van der Waals surface area contributed by atoms with Crippen LogP contribution < -0.4 is 17.0 Å². The summed E-state index contributed by atoms with van der Waals surface area (Å²) < 4.78 is 2.35. The molecule has 2 spiro atoms. The summed E-state index contributed by atoms with van der Waals surface area (Å²) >= 11 is 0. The molecule has 5 fully saturated rings. The van der Waals surface area contributed by atoms with Gasteiger partial charge in [0.15, 0.2) is 0 Å². The standard InChI is InChI=1S/C28H38N6O7/c1-31-24(39)28(33(25(31)40)10-7-16-11-18(16)23(37)38)13-27(14-28)8-5-17(6-9-27)34-22(36)19(20(29)30)21(35)32(26(34)41)12-15-3-2-4-15/h15-18,35H,2-14H2,1H3,(H3,29,30)(H,37,38)/t16-,17?,18-,27?,28?/m1/s1. The molecular formula is C28H38N6O7. The van der Waals surface area contributed by atoms with Gasteiger partial charge in [-0.2, -0.15) is 0 Å². The summed E-state index contributed by atoms with van der Waals surface area (Å²) in [7, 11) is 1.49. The maximum absolute atomic E-state index is 13.5. The maximum Gasteiger partial charge on any atom is 0.334 e. The summed E-state index contributed by atoms with van der Waals surface area (Å²) in [6.45, 7) is 0.622. The highest BCUT2D eigenvalue weighted by Crippen LogP contribution is 2.62. The van der Waals surface area contributed by atoms with Crippen molar-refractivity contribution >= 4 is 23.7 Å². The lowest BCUT2D eigenvalue weighted by Gasteiger charge is -2.58. The molecule has 1 aromatic rings. The number of hydrogen-bond acceptors (Lipinski definition) is 7. The van der Waals surface area contributed by atoms with Crippen LogP contribution in [0, 0.1) is 28.6 Å². The Balaban J connectivity index is 1.19. The first-order chi connectivity index (χ1) is 19.4. The number of amidine groups is 1. The first kappa shape index (κ1) is 27.5. The van der Waals surface area contributed by atoms with Gasteiger partial charge in [0, 0.05) is 26.2 Å². The number of nitrogens with one attached hydrogen (secondary N) is 1. The van der Waals surface area contributed by atoms with Crippen LogP contribution in [0.1, 0.15) is 82.2 Å². The molecule has 5 aliphatic rings. The lowest BCUT2D eigenvalue weighted by molar-refractivity contribution is -0.149. The number of carbonyl (C=O) groups excluding carboxylic acids is 2. The molecule has 222 valence electrons. The Morgan fingerprint density at radius 3 is 2.29 bits per heavy atom. The smallest absolute Gasteiger partial charge is 0.334 e. The van der Waals surface area contributed by atoms with Gasteiger partial charge < -0.3 is 20.8 Å². The Labute approximate surface area is 236 Å². The number of urea groups is 1. The molecule has 0 radical (unpaired) electrons. The van der Waals surface area contributed by atoms with E-state index < -0.39 is 40.5 Å². The summed E-state index contributed by atoms with van der Waals surface area (Å²) in [5.74, 6) is -2.27. The molecule has 13 nitrogen and oxygen atoms in total. The summed E-state index contributed by atoms with van der Waals surface area (Å²) in [5, 5.41) is 27.8. The van der Waals surface area contributed by atoms with Crippen molar-refractivity contribution in [3.8, 4) is 5.88 Å². The molecule has 5 N–H and O–H groups in total. The molecular weight excluding hydrogens is 532 g/mol. The summed E-state index contributed by atoms with van der Waals surface area (Å²) in [4.78, 5) is 67.1. The maximum atomic E-state index is 13.5. The number of likely N-dealkylation sites (N-methyl/N-ethyl adjacent to an activating group) is 1. The molecule has 1 saturated heterocycles. The molecule has 2 atom stereocenters. The van der Waals surface area contributed by atoms with E-state index in [1.165, 1.54) is 16.5 Å². The Morgan fingerprint density at radius 2 is 1.76 bits per heavy atom. The highest BCUT2D eigenvalue weighted by atomic mass is 16.4. The Morgan fingerprint density at radius 1 is 1.10 bits per heavy atom. The monoisotopic (exact) mass is 570 g/mol. The topological polar surface area (TPSA) is 192 Å². The molecule has 1 aliphatic heterocycles. The first-order valence-corrected chi connectivity index (χ1v) is 14.6. The van der Waals surface area contributed by atoms with E-state index >= 15 is 0 Å². The van der Waals surface area contributed by atoms with Crippen molar-refractivity contribution in [1.29, 1.82) is 5.41 Å². The second kappa shape index (κ2) is 9.45. The minimum Gasteiger partial charge on any atom is -0.494 e. The fraction of sp³-hybridized carbons (Fsp3) is 0.714. The SMILES string of the molecule is CN1C(=O)N(CC[C@@H]2C[C@H]2C(=O)O)C2(CC3(CCC(n4c(=O)c(C(=N)N)c(O)n(CC5CCC5)c4=O)CC3)C2)C1=O. The fourth-order valence-electron chi connectivity index (χ4n) is 8.02. The molecule has 41 heavy (non-hydrogen) atoms. The molecule has 0 aromatic carbocycles. The van der Waals surface area contributed by atoms with Crippen LogP contribution in [0.2, 0.25) is 0 Å². The van der Waals surface area contributed by atoms with E-state index in [4.69, 9.17) is 11.1 Å². The molecule has 4 aliphatic carbocycles. The van der Waals surface area contributed by atoms with Crippen LogP contribution in [0.25, 0.3) is 0 Å². The zero-order chi connectivity index (χ0) is 29.4. The largest absolute Gasteiger partial charge is 0.494 e. The molecule has 4 saturated carbocycles. The average molecular weight is 571 g/mol. The lowest BCUT2D eigenvalue weighted by atomic mass is 9.51. The number of nitrogens with two attached hydrogens (primary N) is 1. The first-order valence-electron chi connectivity index (χ1n) is 14.6. The van der Waals surface area contributed by atoms with Gasteiger partial charge in [-0.05, 0) is 81.5 Å². The molecule has 6 rings (SSSR count). The Kier molecular flexibility index (Phi) is 6.34. The van der Waals surface area contributed by atoms with Crippen LogP contribution in [0.5, 0.6) is 5.88 Å². The van der Waals surface area contributed by atoms with Gasteiger partial charge in [0.25, 0.3) is 11.5 Å². The summed E-state index contributed by atoms with van der Waals surface area (Å²) in [5.41, 5.74) is 2.87. The van der Waals surface area contributed by atoms with Crippen molar-refractivity contribution in [1.82, 2.24) is 18.9 Å². The molecule has 0 unspecified atom stereocenters. The molecule has 0 bridgehead atoms. The second-order valence-electron chi connectivity index (χ2n) is 13.1. The number of imide groups is 1. The van der Waals surface area contributed by atoms with Gasteiger partial charge in [-0.15, -0.1) is 0 Å². The molecule has 13 heteroatoms. The highest BCUT2D eigenvalue weighted by Gasteiger charge is 2.67. The van der Waals surface area contributed by atoms with Crippen LogP contribution in [-0.2, 0) is 16.1 Å². The number of nitrogen functional groups attached to an aromatic ring is 1. The van der Waals surface area contributed by atoms with Crippen LogP contribution in [0.4, 0.5) is 4.79 Å². The second-order valence-corrected chi connectivity index (χ2v) is 13.1. The third-order valence-corrected chi connectivity index (χ3v) is 10.7. The van der Waals surface area contributed by atoms with Crippen LogP contribution >= 0.6 is 0 Å². The van der Waals surface area contributed by atoms with Crippen LogP contribution in [0.15, 0.2) is 9.59 Å². The van der Waals surface area contributed by atoms with Crippen molar-refractivity contribution in [2.24, 2.45) is 28.9 Å². The predicted octanol–water partition coefficient (Wildman–Crippen LogP) is 1.44. The van der Waals surface area contributed by atoms with Crippen LogP contribution in [0.3, 0.4) is 0 Å². The molecule has 1 aromatic heterocycles. The number of nitrogens with zero attached hydrogens (tertiary/aromatic N) is 4. The number of amides is 3. The zero-order valence-corrected chi connectivity index (χ0v) is 23.3. The van der Waals surface area contributed by atoms with Crippen molar-refractivity contribution in [3.05, 3.63) is 26.4 Å². The van der Waals surface area contributed by atoms with E-state index in [1.54, 1.807) is 4.90 Å². The Hall–Kier alpha value is -3.64. The molecule has 3 amide bonds. The van der Waals surface area contributed by atoms with Crippen molar-refractivity contribution in [2.75, 3.05) is 13.6 Å². The lowest BCUT2D eigenvalue weighted by Crippen LogP contribution is -2.64. The normalized spacial score (nSPS) is 32.9. The molecule has 2 heterocycles.